The van der Waals surface area contributed by atoms with E-state index >= 15 is 0 Å². The second-order valence-corrected chi connectivity index (χ2v) is 7.44. The number of esters is 1. The molecule has 0 bridgehead atoms. The van der Waals surface area contributed by atoms with Gasteiger partial charge in [-0.05, 0) is 44.4 Å². The van der Waals surface area contributed by atoms with Gasteiger partial charge in [0.1, 0.15) is 10.6 Å². The number of halogens is 2. The number of furan rings is 1. The van der Waals surface area contributed by atoms with Crippen LogP contribution in [0.15, 0.2) is 52.1 Å². The van der Waals surface area contributed by atoms with Crippen molar-refractivity contribution in [2.75, 3.05) is 6.26 Å². The molecular formula is C21H18F2N4O3S. The Bertz CT molecular complexity index is 1240. The molecule has 3 aromatic heterocycles. The third kappa shape index (κ3) is 3.90. The first-order valence-corrected chi connectivity index (χ1v) is 10.6. The van der Waals surface area contributed by atoms with Crippen LogP contribution >= 0.6 is 11.8 Å². The molecule has 4 aromatic rings. The zero-order valence-corrected chi connectivity index (χ0v) is 17.7. The third-order valence-electron chi connectivity index (χ3n) is 4.66. The summed E-state index contributed by atoms with van der Waals surface area (Å²) in [5, 5.41) is 0.401. The average Bonchev–Trinajstić information content (AvgIpc) is 3.40. The lowest BCUT2D eigenvalue weighted by Crippen LogP contribution is -2.17. The summed E-state index contributed by atoms with van der Waals surface area (Å²) in [5.41, 5.74) is 1.23. The topological polar surface area (TPSA) is 83.0 Å². The molecule has 0 aliphatic rings. The molecule has 0 saturated carbocycles. The lowest BCUT2D eigenvalue weighted by atomic mass is 10.2. The quantitative estimate of drug-likeness (QED) is 0.223. The zero-order valence-electron chi connectivity index (χ0n) is 16.9. The van der Waals surface area contributed by atoms with Crippen molar-refractivity contribution in [1.82, 2.24) is 19.5 Å². The molecule has 1 atom stereocenters. The number of aryl methyl sites for hydroxylation is 1. The van der Waals surface area contributed by atoms with Crippen LogP contribution < -0.4 is 0 Å². The van der Waals surface area contributed by atoms with E-state index in [0.717, 1.165) is 4.57 Å². The van der Waals surface area contributed by atoms with Gasteiger partial charge in [-0.2, -0.15) is 8.78 Å². The van der Waals surface area contributed by atoms with Crippen molar-refractivity contribution in [2.45, 2.75) is 31.5 Å². The first kappa shape index (κ1) is 21.0. The van der Waals surface area contributed by atoms with Gasteiger partial charge < -0.3 is 9.15 Å². The Hall–Kier alpha value is -3.27. The smallest absolute Gasteiger partial charge is 0.343 e. The largest absolute Gasteiger partial charge is 0.461 e. The van der Waals surface area contributed by atoms with Gasteiger partial charge >= 0.3 is 12.5 Å². The maximum absolute atomic E-state index is 13.7. The summed E-state index contributed by atoms with van der Waals surface area (Å²) in [6.45, 7) is 0.330. The first-order chi connectivity index (χ1) is 14.9. The van der Waals surface area contributed by atoms with Crippen molar-refractivity contribution in [3.05, 3.63) is 59.7 Å². The van der Waals surface area contributed by atoms with Crippen LogP contribution in [0.4, 0.5) is 8.78 Å². The number of benzene rings is 1. The van der Waals surface area contributed by atoms with Gasteiger partial charge in [0.05, 0.1) is 23.0 Å². The Balaban J connectivity index is 1.67. The van der Waals surface area contributed by atoms with Gasteiger partial charge in [0.15, 0.2) is 23.5 Å². The minimum atomic E-state index is -2.83. The summed E-state index contributed by atoms with van der Waals surface area (Å²) in [4.78, 5) is 25.9. The van der Waals surface area contributed by atoms with Gasteiger partial charge in [-0.1, -0.05) is 12.1 Å². The van der Waals surface area contributed by atoms with Crippen LogP contribution in [-0.2, 0) is 4.74 Å². The molecule has 0 amide bonds. The number of para-hydroxylation sites is 2. The lowest BCUT2D eigenvalue weighted by molar-refractivity contribution is 0.0227. The van der Waals surface area contributed by atoms with E-state index in [1.165, 1.54) is 24.9 Å². The zero-order chi connectivity index (χ0) is 22.1. The first-order valence-electron chi connectivity index (χ1n) is 9.33. The number of nitrogens with zero attached hydrogens (tertiary/aromatic N) is 4. The number of thioether (sulfide) groups is 1. The molecule has 0 radical (unpaired) electrons. The molecule has 160 valence electrons. The number of aromatic nitrogens is 4. The molecule has 0 spiro atoms. The summed E-state index contributed by atoms with van der Waals surface area (Å²) in [5.74, 6) is 0.0579. The number of carbonyl (C=O) groups excluding carboxylic acids is 1. The predicted octanol–water partition coefficient (Wildman–Crippen LogP) is 5.43. The third-order valence-corrected chi connectivity index (χ3v) is 5.34. The van der Waals surface area contributed by atoms with Crippen molar-refractivity contribution in [3.63, 3.8) is 0 Å². The minimum absolute atomic E-state index is 0.0407. The van der Waals surface area contributed by atoms with E-state index < -0.39 is 18.6 Å². The molecule has 31 heavy (non-hydrogen) atoms. The van der Waals surface area contributed by atoms with Crippen LogP contribution in [0.25, 0.3) is 22.6 Å². The number of hydrogen-bond acceptors (Lipinski definition) is 7. The highest BCUT2D eigenvalue weighted by Crippen LogP contribution is 2.30. The Morgan fingerprint density at radius 3 is 2.61 bits per heavy atom. The second kappa shape index (κ2) is 8.46. The second-order valence-electron chi connectivity index (χ2n) is 6.65. The van der Waals surface area contributed by atoms with Crippen LogP contribution in [0.1, 0.15) is 41.5 Å². The van der Waals surface area contributed by atoms with E-state index in [4.69, 9.17) is 9.15 Å². The van der Waals surface area contributed by atoms with Crippen LogP contribution in [0.3, 0.4) is 0 Å². The molecule has 10 heteroatoms. The van der Waals surface area contributed by atoms with E-state index in [-0.39, 0.29) is 16.9 Å². The normalized spacial score (nSPS) is 12.5. The van der Waals surface area contributed by atoms with E-state index in [2.05, 4.69) is 15.0 Å². The van der Waals surface area contributed by atoms with Gasteiger partial charge in [0.2, 0.25) is 0 Å². The molecule has 0 N–H and O–H groups in total. The van der Waals surface area contributed by atoms with Gasteiger partial charge in [0.25, 0.3) is 0 Å². The van der Waals surface area contributed by atoms with Gasteiger partial charge in [-0.3, -0.25) is 4.57 Å². The molecule has 0 aliphatic carbocycles. The number of imidazole rings is 1. The van der Waals surface area contributed by atoms with Crippen molar-refractivity contribution >= 4 is 28.8 Å². The predicted molar refractivity (Wildman–Crippen MR) is 111 cm³/mol. The summed E-state index contributed by atoms with van der Waals surface area (Å²) in [6, 6.07) is 9.96. The van der Waals surface area contributed by atoms with E-state index in [1.54, 1.807) is 49.6 Å². The number of alkyl halides is 2. The van der Waals surface area contributed by atoms with E-state index in [0.29, 0.717) is 27.8 Å². The van der Waals surface area contributed by atoms with Crippen molar-refractivity contribution in [1.29, 1.82) is 0 Å². The number of carbonyl (C=O) groups is 1. The standard InChI is InChI=1S/C21H18F2N4O3S/c1-11-16(19(31-3)26-17(24-11)15-9-6-10-29-15)20(28)30-12(2)18-25-13-7-4-5-8-14(13)27(18)21(22)23/h4-10,12,21H,1-3H3. The average molecular weight is 444 g/mol. The molecule has 4 rings (SSSR count). The van der Waals surface area contributed by atoms with Crippen LogP contribution in [-0.4, -0.2) is 31.7 Å². The highest BCUT2D eigenvalue weighted by molar-refractivity contribution is 7.98. The van der Waals surface area contributed by atoms with Crippen molar-refractivity contribution in [3.8, 4) is 11.6 Å². The van der Waals surface area contributed by atoms with E-state index in [1.807, 2.05) is 0 Å². The molecular weight excluding hydrogens is 426 g/mol. The Labute approximate surface area is 180 Å². The van der Waals surface area contributed by atoms with E-state index in [9.17, 15) is 13.6 Å². The fraction of sp³-hybridized carbons (Fsp3) is 0.238. The number of fused-ring (bicyclic) bond motifs is 1. The van der Waals surface area contributed by atoms with Crippen molar-refractivity contribution in [2.24, 2.45) is 0 Å². The molecule has 1 unspecified atom stereocenters. The minimum Gasteiger partial charge on any atom is -0.461 e. The number of hydrogen-bond donors (Lipinski definition) is 0. The highest BCUT2D eigenvalue weighted by atomic mass is 32.2. The van der Waals surface area contributed by atoms with Crippen LogP contribution in [0.2, 0.25) is 0 Å². The SMILES string of the molecule is CSc1nc(-c2ccco2)nc(C)c1C(=O)OC(C)c1nc2ccccc2n1C(F)F. The summed E-state index contributed by atoms with van der Waals surface area (Å²) in [7, 11) is 0. The molecule has 7 nitrogen and oxygen atoms in total. The van der Waals surface area contributed by atoms with Gasteiger partial charge in [-0.25, -0.2) is 19.7 Å². The van der Waals surface area contributed by atoms with Gasteiger partial charge in [-0.15, -0.1) is 11.8 Å². The molecule has 0 saturated heterocycles. The number of rotatable bonds is 6. The highest BCUT2D eigenvalue weighted by Gasteiger charge is 2.27. The summed E-state index contributed by atoms with van der Waals surface area (Å²) < 4.78 is 39.1. The summed E-state index contributed by atoms with van der Waals surface area (Å²) >= 11 is 1.25. The maximum Gasteiger partial charge on any atom is 0.343 e. The maximum atomic E-state index is 13.7. The van der Waals surface area contributed by atoms with Crippen LogP contribution in [0, 0.1) is 6.92 Å². The Kier molecular flexibility index (Phi) is 5.73. The summed E-state index contributed by atoms with van der Waals surface area (Å²) in [6.07, 6.45) is 2.25. The fourth-order valence-corrected chi connectivity index (χ4v) is 3.89. The lowest BCUT2D eigenvalue weighted by Gasteiger charge is -2.17. The monoisotopic (exact) mass is 444 g/mol. The van der Waals surface area contributed by atoms with Crippen LogP contribution in [0.5, 0.6) is 0 Å². The van der Waals surface area contributed by atoms with Crippen molar-refractivity contribution < 1.29 is 22.7 Å². The Morgan fingerprint density at radius 1 is 1.16 bits per heavy atom. The Morgan fingerprint density at radius 2 is 1.94 bits per heavy atom. The molecule has 0 aliphatic heterocycles. The van der Waals surface area contributed by atoms with Gasteiger partial charge in [0, 0.05) is 0 Å². The fourth-order valence-electron chi connectivity index (χ4n) is 3.27. The number of ether oxygens (including phenoxy) is 1. The molecule has 1 aromatic carbocycles. The molecule has 0 fully saturated rings. The molecule has 3 heterocycles.